The molecular weight excluding hydrogens is 814 g/mol. The van der Waals surface area contributed by atoms with Crippen LogP contribution in [0, 0.1) is 16.7 Å². The summed E-state index contributed by atoms with van der Waals surface area (Å²) in [7, 11) is 1.49. The molecule has 2 rings (SSSR count). The molecule has 0 aliphatic carbocycles. The number of hydrogen-bond donors (Lipinski definition) is 4. The van der Waals surface area contributed by atoms with Crippen molar-refractivity contribution in [3.05, 3.63) is 82.4 Å². The van der Waals surface area contributed by atoms with Gasteiger partial charge in [-0.2, -0.15) is 0 Å². The maximum absolute atomic E-state index is 14.2. The molecule has 5 atom stereocenters. The molecule has 0 aliphatic rings. The number of carbonyl (C=O) groups is 5. The first-order valence-electron chi connectivity index (χ1n) is 20.9. The number of carbonyl (C=O) groups excluding carboxylic acids is 5. The predicted octanol–water partition coefficient (Wildman–Crippen LogP) is 8.28. The maximum atomic E-state index is 14.2. The summed E-state index contributed by atoms with van der Waals surface area (Å²) in [6, 6.07) is 9.41. The minimum absolute atomic E-state index is 0.0470. The third kappa shape index (κ3) is 19.0. The van der Waals surface area contributed by atoms with Gasteiger partial charge in [-0.3, -0.25) is 9.59 Å². The monoisotopic (exact) mass is 883 g/mol. The standard InChI is InChI=1S/C48H70ClN3O10/c1-30(18-19-32-20-22-33(29-53)23-21-32)38(16-15-17-40(54)61-46(6,7)8)60-42(56)37(28-45(3,4)5)51-43(57)48(12,13)31(2)50-41(55)36(52-44(58)62-47(9,10)11)27-34-24-25-39(59-14)35(49)26-34/h15,17-26,30-31,36-38,53H,16,27-29H2,1-14H3,(H,50,55)(H,51,57)(H,52,58)/b17-15+,19-18+. The zero-order chi connectivity index (χ0) is 47.2. The Morgan fingerprint density at radius 2 is 1.39 bits per heavy atom. The highest BCUT2D eigenvalue weighted by Gasteiger charge is 2.40. The van der Waals surface area contributed by atoms with E-state index in [1.165, 1.54) is 13.2 Å². The average Bonchev–Trinajstić information content (AvgIpc) is 3.14. The molecule has 2 aromatic rings. The van der Waals surface area contributed by atoms with E-state index in [4.69, 9.17) is 30.5 Å². The molecule has 0 saturated heterocycles. The molecule has 0 fully saturated rings. The predicted molar refractivity (Wildman–Crippen MR) is 242 cm³/mol. The number of hydrogen-bond acceptors (Lipinski definition) is 10. The molecule has 2 aromatic carbocycles. The van der Waals surface area contributed by atoms with Gasteiger partial charge in [0, 0.05) is 30.9 Å². The fourth-order valence-corrected chi connectivity index (χ4v) is 6.21. The molecular formula is C48H70ClN3O10. The van der Waals surface area contributed by atoms with E-state index in [9.17, 15) is 29.1 Å². The number of aliphatic hydroxyl groups is 1. The van der Waals surface area contributed by atoms with E-state index in [1.54, 1.807) is 86.6 Å². The van der Waals surface area contributed by atoms with Crippen LogP contribution in [0.15, 0.2) is 60.7 Å². The van der Waals surface area contributed by atoms with Crippen molar-refractivity contribution in [2.45, 2.75) is 151 Å². The van der Waals surface area contributed by atoms with Crippen LogP contribution in [0.4, 0.5) is 4.79 Å². The number of halogens is 1. The van der Waals surface area contributed by atoms with E-state index in [2.05, 4.69) is 16.0 Å². The van der Waals surface area contributed by atoms with E-state index in [-0.39, 0.29) is 31.8 Å². The number of alkyl carbamates (subject to hydrolysis) is 1. The minimum atomic E-state index is -1.27. The SMILES string of the molecule is COc1ccc(CC(NC(=O)OC(C)(C)C)C(=O)NC(C)C(C)(C)C(=O)NC(CC(C)(C)C)C(=O)OC(C/C=C/C(=O)OC(C)(C)C)C(C)/C=C/c2ccc(CO)cc2)cc1Cl. The van der Waals surface area contributed by atoms with Gasteiger partial charge in [0.15, 0.2) is 0 Å². The van der Waals surface area contributed by atoms with Gasteiger partial charge >= 0.3 is 18.0 Å². The number of benzene rings is 2. The van der Waals surface area contributed by atoms with Gasteiger partial charge in [-0.1, -0.05) is 87.9 Å². The highest BCUT2D eigenvalue weighted by Crippen LogP contribution is 2.28. The lowest BCUT2D eigenvalue weighted by atomic mass is 9.82. The van der Waals surface area contributed by atoms with Crippen LogP contribution in [0.5, 0.6) is 5.75 Å². The quantitative estimate of drug-likeness (QED) is 0.0610. The molecule has 0 aromatic heterocycles. The fraction of sp³-hybridized carbons (Fsp3) is 0.562. The van der Waals surface area contributed by atoms with Gasteiger partial charge in [-0.05, 0) is 103 Å². The van der Waals surface area contributed by atoms with Gasteiger partial charge in [-0.25, -0.2) is 14.4 Å². The molecule has 0 spiro atoms. The second kappa shape index (κ2) is 23.0. The summed E-state index contributed by atoms with van der Waals surface area (Å²) in [6.07, 6.45) is 5.59. The Labute approximate surface area is 373 Å². The lowest BCUT2D eigenvalue weighted by Gasteiger charge is -2.35. The molecule has 0 aliphatic heterocycles. The number of nitrogens with one attached hydrogen (secondary N) is 3. The van der Waals surface area contributed by atoms with Gasteiger partial charge < -0.3 is 40.0 Å². The van der Waals surface area contributed by atoms with Crippen molar-refractivity contribution in [3.63, 3.8) is 0 Å². The highest BCUT2D eigenvalue weighted by atomic mass is 35.5. The van der Waals surface area contributed by atoms with Crippen LogP contribution < -0.4 is 20.7 Å². The number of esters is 2. The molecule has 3 amide bonds. The molecule has 0 bridgehead atoms. The van der Waals surface area contributed by atoms with Crippen LogP contribution >= 0.6 is 11.6 Å². The minimum Gasteiger partial charge on any atom is -0.495 e. The van der Waals surface area contributed by atoms with Crippen LogP contribution in [-0.4, -0.2) is 77.5 Å². The third-order valence-corrected chi connectivity index (χ3v) is 10.0. The topological polar surface area (TPSA) is 179 Å². The van der Waals surface area contributed by atoms with Gasteiger partial charge in [0.1, 0.15) is 35.1 Å². The summed E-state index contributed by atoms with van der Waals surface area (Å²) >= 11 is 6.37. The number of rotatable bonds is 19. The average molecular weight is 885 g/mol. The van der Waals surface area contributed by atoms with E-state index >= 15 is 0 Å². The molecule has 13 nitrogen and oxygen atoms in total. The van der Waals surface area contributed by atoms with Crippen molar-refractivity contribution in [2.75, 3.05) is 7.11 Å². The van der Waals surface area contributed by atoms with Crippen LogP contribution in [0.3, 0.4) is 0 Å². The number of aliphatic hydroxyl groups excluding tert-OH is 1. The van der Waals surface area contributed by atoms with Crippen molar-refractivity contribution in [1.82, 2.24) is 16.0 Å². The molecule has 4 N–H and O–H groups in total. The van der Waals surface area contributed by atoms with Gasteiger partial charge in [-0.15, -0.1) is 0 Å². The summed E-state index contributed by atoms with van der Waals surface area (Å²) in [6.45, 7) is 23.0. The fourth-order valence-electron chi connectivity index (χ4n) is 5.93. The first kappa shape index (κ1) is 53.3. The highest BCUT2D eigenvalue weighted by molar-refractivity contribution is 6.32. The Hall–Kier alpha value is -4.88. The molecule has 0 radical (unpaired) electrons. The van der Waals surface area contributed by atoms with E-state index in [1.807, 2.05) is 64.1 Å². The van der Waals surface area contributed by atoms with Crippen LogP contribution in [-0.2, 0) is 46.4 Å². The van der Waals surface area contributed by atoms with Gasteiger partial charge in [0.25, 0.3) is 0 Å². The maximum Gasteiger partial charge on any atom is 0.408 e. The van der Waals surface area contributed by atoms with Gasteiger partial charge in [0.05, 0.1) is 24.2 Å². The summed E-state index contributed by atoms with van der Waals surface area (Å²) in [5, 5.41) is 18.2. The summed E-state index contributed by atoms with van der Waals surface area (Å²) in [5.41, 5.74) is -0.927. The lowest BCUT2D eigenvalue weighted by molar-refractivity contribution is -0.156. The molecule has 62 heavy (non-hydrogen) atoms. The van der Waals surface area contributed by atoms with Crippen LogP contribution in [0.25, 0.3) is 6.08 Å². The largest absolute Gasteiger partial charge is 0.495 e. The third-order valence-electron chi connectivity index (χ3n) is 9.73. The molecule has 344 valence electrons. The number of amides is 3. The summed E-state index contributed by atoms with van der Waals surface area (Å²) in [5.74, 6) is -2.18. The molecule has 5 unspecified atom stereocenters. The zero-order valence-corrected chi connectivity index (χ0v) is 39.8. The second-order valence-electron chi connectivity index (χ2n) is 19.4. The second-order valence-corrected chi connectivity index (χ2v) is 19.8. The van der Waals surface area contributed by atoms with Crippen molar-refractivity contribution < 1.29 is 48.0 Å². The molecule has 0 saturated carbocycles. The number of methoxy groups -OCH3 is 1. The lowest BCUT2D eigenvalue weighted by Crippen LogP contribution is -2.58. The van der Waals surface area contributed by atoms with Crippen LogP contribution in [0.2, 0.25) is 5.02 Å². The van der Waals surface area contributed by atoms with E-state index in [0.29, 0.717) is 16.3 Å². The van der Waals surface area contributed by atoms with Crippen molar-refractivity contribution in [3.8, 4) is 5.75 Å². The van der Waals surface area contributed by atoms with Crippen molar-refractivity contribution in [1.29, 1.82) is 0 Å². The Bertz CT molecular complexity index is 1890. The zero-order valence-electron chi connectivity index (χ0n) is 39.1. The Balaban J connectivity index is 2.37. The van der Waals surface area contributed by atoms with E-state index < -0.39 is 76.1 Å². The Kier molecular flexibility index (Phi) is 19.7. The molecule has 14 heteroatoms. The first-order valence-corrected chi connectivity index (χ1v) is 21.3. The first-order chi connectivity index (χ1) is 28.5. The van der Waals surface area contributed by atoms with Gasteiger partial charge in [0.2, 0.25) is 11.8 Å². The summed E-state index contributed by atoms with van der Waals surface area (Å²) in [4.78, 5) is 67.7. The Morgan fingerprint density at radius 3 is 1.92 bits per heavy atom. The summed E-state index contributed by atoms with van der Waals surface area (Å²) < 4.78 is 22.3. The molecule has 0 heterocycles. The number of ether oxygens (including phenoxy) is 4. The van der Waals surface area contributed by atoms with Crippen molar-refractivity contribution in [2.24, 2.45) is 16.7 Å². The van der Waals surface area contributed by atoms with Crippen molar-refractivity contribution >= 4 is 47.5 Å². The van der Waals surface area contributed by atoms with E-state index in [0.717, 1.165) is 11.1 Å². The Morgan fingerprint density at radius 1 is 0.790 bits per heavy atom. The smallest absolute Gasteiger partial charge is 0.408 e. The normalized spacial score (nSPS) is 14.9. The van der Waals surface area contributed by atoms with Crippen LogP contribution in [0.1, 0.15) is 120 Å².